The summed E-state index contributed by atoms with van der Waals surface area (Å²) in [4.78, 5) is 3.98. The number of hydrogen-bond donors (Lipinski definition) is 1. The summed E-state index contributed by atoms with van der Waals surface area (Å²) in [5.74, 6) is 1.92. The van der Waals surface area contributed by atoms with Crippen molar-refractivity contribution in [1.29, 1.82) is 0 Å². The lowest BCUT2D eigenvalue weighted by atomic mass is 10.2. The maximum atomic E-state index is 13.9. The van der Waals surface area contributed by atoms with Crippen molar-refractivity contribution in [1.82, 2.24) is 4.98 Å². The summed E-state index contributed by atoms with van der Waals surface area (Å²) in [6.45, 7) is 1.85. The maximum Gasteiger partial charge on any atom is 0.147 e. The van der Waals surface area contributed by atoms with E-state index in [-0.39, 0.29) is 5.69 Å². The van der Waals surface area contributed by atoms with E-state index in [1.165, 1.54) is 6.07 Å². The van der Waals surface area contributed by atoms with Crippen LogP contribution in [0.4, 0.5) is 15.8 Å². The first-order valence-corrected chi connectivity index (χ1v) is 7.77. The maximum absolute atomic E-state index is 13.9. The quantitative estimate of drug-likeness (QED) is 0.694. The minimum atomic E-state index is -1.89. The Bertz CT molecular complexity index is 695. The number of halogens is 1. The number of nitrogens with one attached hydrogen (secondary N) is 1. The fourth-order valence-corrected chi connectivity index (χ4v) is 2.85. The van der Waals surface area contributed by atoms with Gasteiger partial charge in [0.1, 0.15) is 13.6 Å². The lowest BCUT2D eigenvalue weighted by Crippen LogP contribution is -2.07. The molecule has 5 heteroatoms. The molecule has 0 radical (unpaired) electrons. The predicted octanol–water partition coefficient (Wildman–Crippen LogP) is 3.15. The van der Waals surface area contributed by atoms with Gasteiger partial charge in [0.15, 0.2) is 0 Å². The highest BCUT2D eigenvalue weighted by Gasteiger charge is 2.10. The average Bonchev–Trinajstić information content (AvgIpc) is 2.49. The van der Waals surface area contributed by atoms with Gasteiger partial charge in [0.25, 0.3) is 0 Å². The molecule has 1 unspecified atom stereocenters. The van der Waals surface area contributed by atoms with Gasteiger partial charge in [-0.15, -0.1) is 6.42 Å². The van der Waals surface area contributed by atoms with E-state index in [2.05, 4.69) is 16.2 Å². The van der Waals surface area contributed by atoms with Gasteiger partial charge in [-0.3, -0.25) is 4.98 Å². The molecule has 1 aromatic heterocycles. The van der Waals surface area contributed by atoms with Crippen LogP contribution in [0.1, 0.15) is 12.5 Å². The van der Waals surface area contributed by atoms with Crippen LogP contribution in [-0.4, -0.2) is 11.1 Å². The standard InChI is InChI=1S/C15H14FN2OP/c1-3-11-5-6-13(12(16)9-11)18-14-10-17-8-7-15(14)20(19)4-2/h1,5-10,18,20H,4H2,2H3. The van der Waals surface area contributed by atoms with Crippen LogP contribution in [0.5, 0.6) is 0 Å². The predicted molar refractivity (Wildman–Crippen MR) is 81.0 cm³/mol. The molecule has 0 bridgehead atoms. The summed E-state index contributed by atoms with van der Waals surface area (Å²) < 4.78 is 25.9. The Morgan fingerprint density at radius 2 is 2.20 bits per heavy atom. The highest BCUT2D eigenvalue weighted by atomic mass is 31.1. The number of pyridine rings is 1. The van der Waals surface area contributed by atoms with Crippen molar-refractivity contribution in [3.8, 4) is 12.3 Å². The van der Waals surface area contributed by atoms with E-state index < -0.39 is 13.6 Å². The molecular weight excluding hydrogens is 274 g/mol. The SMILES string of the molecule is C#Cc1ccc(Nc2cnccc2[PH](=O)CC)c(F)c1. The van der Waals surface area contributed by atoms with Crippen molar-refractivity contribution in [2.45, 2.75) is 6.92 Å². The second kappa shape index (κ2) is 6.36. The molecule has 0 amide bonds. The third-order valence-corrected chi connectivity index (χ3v) is 4.53. The molecule has 3 nitrogen and oxygen atoms in total. The number of benzene rings is 1. The fourth-order valence-electron chi connectivity index (χ4n) is 1.78. The van der Waals surface area contributed by atoms with Crippen LogP contribution in [0.2, 0.25) is 0 Å². The fraction of sp³-hybridized carbons (Fsp3) is 0.133. The van der Waals surface area contributed by atoms with Crippen LogP contribution in [-0.2, 0) is 4.57 Å². The van der Waals surface area contributed by atoms with Crippen molar-refractivity contribution in [2.24, 2.45) is 0 Å². The van der Waals surface area contributed by atoms with Gasteiger partial charge in [-0.2, -0.15) is 0 Å². The first kappa shape index (κ1) is 14.3. The normalized spacial score (nSPS) is 11.7. The van der Waals surface area contributed by atoms with Gasteiger partial charge in [-0.1, -0.05) is 12.8 Å². The van der Waals surface area contributed by atoms with Gasteiger partial charge in [0.2, 0.25) is 0 Å². The zero-order chi connectivity index (χ0) is 14.5. The van der Waals surface area contributed by atoms with Gasteiger partial charge in [-0.05, 0) is 30.4 Å². The van der Waals surface area contributed by atoms with Crippen molar-refractivity contribution < 1.29 is 8.96 Å². The summed E-state index contributed by atoms with van der Waals surface area (Å²) in [7, 11) is -1.89. The molecule has 1 aromatic carbocycles. The number of hydrogen-bond acceptors (Lipinski definition) is 3. The van der Waals surface area contributed by atoms with E-state index in [1.54, 1.807) is 30.6 Å². The van der Waals surface area contributed by atoms with Crippen molar-refractivity contribution >= 4 is 24.5 Å². The molecule has 2 aromatic rings. The Hall–Kier alpha value is -2.11. The molecule has 0 aliphatic carbocycles. The Morgan fingerprint density at radius 3 is 2.85 bits per heavy atom. The van der Waals surface area contributed by atoms with Crippen LogP contribution in [0.25, 0.3) is 0 Å². The van der Waals surface area contributed by atoms with E-state index >= 15 is 0 Å². The third kappa shape index (κ3) is 3.07. The van der Waals surface area contributed by atoms with Gasteiger partial charge >= 0.3 is 0 Å². The molecule has 0 saturated heterocycles. The van der Waals surface area contributed by atoms with Crippen molar-refractivity contribution in [3.05, 3.63) is 48.0 Å². The Labute approximate surface area is 118 Å². The molecule has 0 fully saturated rings. The molecule has 0 spiro atoms. The minimum Gasteiger partial charge on any atom is -0.351 e. The largest absolute Gasteiger partial charge is 0.351 e. The Morgan fingerprint density at radius 1 is 1.40 bits per heavy atom. The topological polar surface area (TPSA) is 42.0 Å². The monoisotopic (exact) mass is 288 g/mol. The van der Waals surface area contributed by atoms with E-state index in [4.69, 9.17) is 6.42 Å². The average molecular weight is 288 g/mol. The van der Waals surface area contributed by atoms with E-state index in [0.29, 0.717) is 22.7 Å². The summed E-state index contributed by atoms with van der Waals surface area (Å²) >= 11 is 0. The summed E-state index contributed by atoms with van der Waals surface area (Å²) in [5.41, 5.74) is 1.32. The lowest BCUT2D eigenvalue weighted by molar-refractivity contribution is 0.594. The second-order valence-electron chi connectivity index (χ2n) is 4.16. The number of anilines is 2. The summed E-state index contributed by atoms with van der Waals surface area (Å²) in [5, 5.41) is 3.60. The summed E-state index contributed by atoms with van der Waals surface area (Å²) in [6.07, 6.45) is 8.90. The van der Waals surface area contributed by atoms with Gasteiger partial charge in [0, 0.05) is 17.1 Å². The zero-order valence-electron chi connectivity index (χ0n) is 11.0. The molecule has 1 heterocycles. The van der Waals surface area contributed by atoms with Crippen molar-refractivity contribution in [2.75, 3.05) is 11.5 Å². The third-order valence-electron chi connectivity index (χ3n) is 2.85. The van der Waals surface area contributed by atoms with E-state index in [9.17, 15) is 8.96 Å². The van der Waals surface area contributed by atoms with Gasteiger partial charge < -0.3 is 9.88 Å². The molecular formula is C15H14FN2OP. The highest BCUT2D eigenvalue weighted by molar-refractivity contribution is 7.53. The van der Waals surface area contributed by atoms with Crippen LogP contribution in [0.3, 0.4) is 0 Å². The van der Waals surface area contributed by atoms with E-state index in [0.717, 1.165) is 0 Å². The van der Waals surface area contributed by atoms with Crippen LogP contribution in [0.15, 0.2) is 36.7 Å². The molecule has 0 saturated carbocycles. The van der Waals surface area contributed by atoms with E-state index in [1.807, 2.05) is 6.92 Å². The van der Waals surface area contributed by atoms with Crippen LogP contribution in [0, 0.1) is 18.2 Å². The Kier molecular flexibility index (Phi) is 4.55. The molecule has 1 atom stereocenters. The van der Waals surface area contributed by atoms with Gasteiger partial charge in [-0.25, -0.2) is 4.39 Å². The van der Waals surface area contributed by atoms with Crippen molar-refractivity contribution in [3.63, 3.8) is 0 Å². The molecule has 1 N–H and O–H groups in total. The highest BCUT2D eigenvalue weighted by Crippen LogP contribution is 2.26. The Balaban J connectivity index is 2.36. The zero-order valence-corrected chi connectivity index (χ0v) is 12.0. The molecule has 0 aliphatic rings. The lowest BCUT2D eigenvalue weighted by Gasteiger charge is -2.11. The first-order chi connectivity index (χ1) is 9.65. The first-order valence-electron chi connectivity index (χ1n) is 6.16. The number of rotatable bonds is 4. The van der Waals surface area contributed by atoms with Crippen LogP contribution >= 0.6 is 7.80 Å². The number of terminal acetylenes is 1. The molecule has 0 aliphatic heterocycles. The minimum absolute atomic E-state index is 0.282. The van der Waals surface area contributed by atoms with Gasteiger partial charge in [0.05, 0.1) is 17.6 Å². The smallest absolute Gasteiger partial charge is 0.147 e. The molecule has 2 rings (SSSR count). The molecule has 102 valence electrons. The second-order valence-corrected chi connectivity index (χ2v) is 6.25. The number of aromatic nitrogens is 1. The summed E-state index contributed by atoms with van der Waals surface area (Å²) in [6, 6.07) is 6.18. The molecule has 20 heavy (non-hydrogen) atoms. The van der Waals surface area contributed by atoms with Crippen LogP contribution < -0.4 is 10.6 Å². The number of nitrogens with zero attached hydrogens (tertiary/aromatic N) is 1.